The first-order chi connectivity index (χ1) is 10.5. The molecule has 22 heavy (non-hydrogen) atoms. The number of furan rings is 1. The number of rotatable bonds is 6. The number of hydrogen-bond donors (Lipinski definition) is 1. The maximum absolute atomic E-state index is 11.6. The second-order valence-corrected chi connectivity index (χ2v) is 5.52. The molecule has 2 aromatic rings. The number of nitrogens with one attached hydrogen (secondary N) is 1. The predicted molar refractivity (Wildman–Crippen MR) is 88.4 cm³/mol. The molecule has 0 aliphatic heterocycles. The third kappa shape index (κ3) is 4.92. The number of halogens is 1. The van der Waals surface area contributed by atoms with Crippen LogP contribution in [0.15, 0.2) is 50.4 Å². The molecule has 0 aliphatic rings. The van der Waals surface area contributed by atoms with Crippen LogP contribution in [0.3, 0.4) is 0 Å². The van der Waals surface area contributed by atoms with E-state index in [1.807, 2.05) is 37.2 Å². The van der Waals surface area contributed by atoms with Crippen molar-refractivity contribution in [3.63, 3.8) is 0 Å². The Morgan fingerprint density at radius 3 is 2.68 bits per heavy atom. The van der Waals surface area contributed by atoms with Crippen molar-refractivity contribution in [2.45, 2.75) is 0 Å². The number of anilines is 1. The molecule has 0 saturated heterocycles. The van der Waals surface area contributed by atoms with Gasteiger partial charge in [0, 0.05) is 24.6 Å². The average Bonchev–Trinajstić information content (AvgIpc) is 2.96. The summed E-state index contributed by atoms with van der Waals surface area (Å²) in [6.45, 7) is -0.111. The van der Waals surface area contributed by atoms with E-state index < -0.39 is 0 Å². The van der Waals surface area contributed by atoms with E-state index in [4.69, 9.17) is 9.15 Å². The molecule has 0 unspecified atom stereocenters. The molecule has 2 rings (SSSR count). The van der Waals surface area contributed by atoms with E-state index in [-0.39, 0.29) is 12.5 Å². The highest BCUT2D eigenvalue weighted by atomic mass is 79.9. The maximum atomic E-state index is 11.6. The van der Waals surface area contributed by atoms with Gasteiger partial charge < -0.3 is 14.1 Å². The molecular formula is C15H16BrN3O3. The second-order valence-electron chi connectivity index (χ2n) is 4.61. The number of carbonyl (C=O) groups is 1. The Bertz CT molecular complexity index is 650. The summed E-state index contributed by atoms with van der Waals surface area (Å²) in [5, 5.41) is 3.82. The van der Waals surface area contributed by atoms with Crippen molar-refractivity contribution in [1.82, 2.24) is 5.43 Å². The largest absolute Gasteiger partial charge is 0.484 e. The van der Waals surface area contributed by atoms with E-state index in [2.05, 4.69) is 26.5 Å². The van der Waals surface area contributed by atoms with Gasteiger partial charge in [0.1, 0.15) is 11.5 Å². The van der Waals surface area contributed by atoms with Gasteiger partial charge in [0.15, 0.2) is 12.5 Å². The summed E-state index contributed by atoms with van der Waals surface area (Å²) in [6, 6.07) is 10.8. The summed E-state index contributed by atoms with van der Waals surface area (Å²) in [7, 11) is 3.75. The smallest absolute Gasteiger partial charge is 0.277 e. The molecule has 116 valence electrons. The third-order valence-corrected chi connectivity index (χ3v) is 3.15. The zero-order chi connectivity index (χ0) is 15.9. The standard InChI is InChI=1S/C15H16BrN3O3/c1-19(2)15-8-7-13(22-15)9-17-18-14(20)10-21-12-5-3-11(16)4-6-12/h3-9H,10H2,1-2H3,(H,18,20)/b17-9-. The van der Waals surface area contributed by atoms with Gasteiger partial charge in [0.25, 0.3) is 5.91 Å². The Hall–Kier alpha value is -2.28. The molecule has 0 bridgehead atoms. The van der Waals surface area contributed by atoms with Crippen LogP contribution in [0.2, 0.25) is 0 Å². The van der Waals surface area contributed by atoms with Gasteiger partial charge in [-0.1, -0.05) is 15.9 Å². The summed E-state index contributed by atoms with van der Waals surface area (Å²) < 4.78 is 11.7. The normalized spacial score (nSPS) is 10.7. The Kier molecular flexibility index (Phi) is 5.60. The van der Waals surface area contributed by atoms with Crippen molar-refractivity contribution in [3.05, 3.63) is 46.6 Å². The molecule has 1 heterocycles. The lowest BCUT2D eigenvalue weighted by Crippen LogP contribution is -2.24. The first-order valence-electron chi connectivity index (χ1n) is 6.52. The zero-order valence-electron chi connectivity index (χ0n) is 12.2. The van der Waals surface area contributed by atoms with Crippen LogP contribution in [-0.4, -0.2) is 32.8 Å². The van der Waals surface area contributed by atoms with Crippen molar-refractivity contribution in [2.75, 3.05) is 25.6 Å². The minimum atomic E-state index is -0.349. The molecule has 6 nitrogen and oxygen atoms in total. The maximum Gasteiger partial charge on any atom is 0.277 e. The van der Waals surface area contributed by atoms with Crippen LogP contribution in [-0.2, 0) is 4.79 Å². The Morgan fingerprint density at radius 1 is 1.32 bits per heavy atom. The number of nitrogens with zero attached hydrogens (tertiary/aromatic N) is 2. The Morgan fingerprint density at radius 2 is 2.05 bits per heavy atom. The quantitative estimate of drug-likeness (QED) is 0.631. The van der Waals surface area contributed by atoms with Gasteiger partial charge in [0.2, 0.25) is 0 Å². The van der Waals surface area contributed by atoms with Crippen LogP contribution in [0, 0.1) is 0 Å². The van der Waals surface area contributed by atoms with Crippen LogP contribution in [0.5, 0.6) is 5.75 Å². The van der Waals surface area contributed by atoms with Crippen LogP contribution in [0.1, 0.15) is 5.76 Å². The summed E-state index contributed by atoms with van der Waals surface area (Å²) in [4.78, 5) is 13.4. The Balaban J connectivity index is 1.77. The lowest BCUT2D eigenvalue weighted by Gasteiger charge is -2.05. The molecule has 0 aliphatic carbocycles. The fourth-order valence-corrected chi connectivity index (χ4v) is 1.80. The molecular weight excluding hydrogens is 350 g/mol. The number of carbonyl (C=O) groups excluding carboxylic acids is 1. The van der Waals surface area contributed by atoms with Gasteiger partial charge in [-0.2, -0.15) is 5.10 Å². The molecule has 1 aromatic carbocycles. The highest BCUT2D eigenvalue weighted by Crippen LogP contribution is 2.16. The zero-order valence-corrected chi connectivity index (χ0v) is 13.8. The van der Waals surface area contributed by atoms with E-state index in [0.29, 0.717) is 17.4 Å². The van der Waals surface area contributed by atoms with Gasteiger partial charge in [-0.3, -0.25) is 4.79 Å². The van der Waals surface area contributed by atoms with Gasteiger partial charge in [0.05, 0.1) is 6.21 Å². The summed E-state index contributed by atoms with van der Waals surface area (Å²) in [6.07, 6.45) is 1.44. The van der Waals surface area contributed by atoms with Crippen molar-refractivity contribution in [3.8, 4) is 5.75 Å². The highest BCUT2D eigenvalue weighted by molar-refractivity contribution is 9.10. The summed E-state index contributed by atoms with van der Waals surface area (Å²) >= 11 is 3.33. The first kappa shape index (κ1) is 16.1. The molecule has 1 aromatic heterocycles. The van der Waals surface area contributed by atoms with Crippen LogP contribution < -0.4 is 15.1 Å². The van der Waals surface area contributed by atoms with E-state index in [1.165, 1.54) is 6.21 Å². The van der Waals surface area contributed by atoms with Crippen molar-refractivity contribution >= 4 is 33.9 Å². The fourth-order valence-electron chi connectivity index (χ4n) is 1.53. The van der Waals surface area contributed by atoms with Gasteiger partial charge >= 0.3 is 0 Å². The fraction of sp³-hybridized carbons (Fsp3) is 0.200. The molecule has 7 heteroatoms. The molecule has 0 saturated carbocycles. The van der Waals surface area contributed by atoms with Crippen molar-refractivity contribution < 1.29 is 13.9 Å². The van der Waals surface area contributed by atoms with E-state index >= 15 is 0 Å². The Labute approximate surface area is 136 Å². The SMILES string of the molecule is CN(C)c1ccc(/C=N\NC(=O)COc2ccc(Br)cc2)o1. The minimum Gasteiger partial charge on any atom is -0.484 e. The van der Waals surface area contributed by atoms with Crippen LogP contribution in [0.25, 0.3) is 0 Å². The number of amides is 1. The highest BCUT2D eigenvalue weighted by Gasteiger charge is 2.03. The van der Waals surface area contributed by atoms with E-state index in [9.17, 15) is 4.79 Å². The molecule has 0 spiro atoms. The molecule has 0 radical (unpaired) electrons. The van der Waals surface area contributed by atoms with Crippen LogP contribution in [0.4, 0.5) is 5.88 Å². The average molecular weight is 366 g/mol. The third-order valence-electron chi connectivity index (χ3n) is 2.62. The van der Waals surface area contributed by atoms with Gasteiger partial charge in [-0.05, 0) is 30.3 Å². The number of hydrogen-bond acceptors (Lipinski definition) is 5. The predicted octanol–water partition coefficient (Wildman–Crippen LogP) is 2.64. The lowest BCUT2D eigenvalue weighted by atomic mass is 10.3. The number of benzene rings is 1. The minimum absolute atomic E-state index is 0.111. The van der Waals surface area contributed by atoms with E-state index in [0.717, 1.165) is 4.47 Å². The lowest BCUT2D eigenvalue weighted by molar-refractivity contribution is -0.123. The second kappa shape index (κ2) is 7.65. The molecule has 1 amide bonds. The number of hydrazone groups is 1. The summed E-state index contributed by atoms with van der Waals surface area (Å²) in [5.41, 5.74) is 2.37. The molecule has 0 fully saturated rings. The monoisotopic (exact) mass is 365 g/mol. The van der Waals surface area contributed by atoms with E-state index in [1.54, 1.807) is 18.2 Å². The van der Waals surface area contributed by atoms with Crippen molar-refractivity contribution in [2.24, 2.45) is 5.10 Å². The van der Waals surface area contributed by atoms with Crippen LogP contribution >= 0.6 is 15.9 Å². The van der Waals surface area contributed by atoms with Gasteiger partial charge in [-0.25, -0.2) is 5.43 Å². The number of ether oxygens (including phenoxy) is 1. The summed E-state index contributed by atoms with van der Waals surface area (Å²) in [5.74, 6) is 1.53. The first-order valence-corrected chi connectivity index (χ1v) is 7.31. The molecule has 0 atom stereocenters. The van der Waals surface area contributed by atoms with Crippen molar-refractivity contribution in [1.29, 1.82) is 0 Å². The van der Waals surface area contributed by atoms with Gasteiger partial charge in [-0.15, -0.1) is 0 Å². The molecule has 1 N–H and O–H groups in total. The topological polar surface area (TPSA) is 67.1 Å².